The Kier molecular flexibility index (Phi) is 5.82. The maximum absolute atomic E-state index is 12.9. The van der Waals surface area contributed by atoms with Gasteiger partial charge >= 0.3 is 0 Å². The molecule has 2 heterocycles. The summed E-state index contributed by atoms with van der Waals surface area (Å²) in [6.45, 7) is 9.07. The fourth-order valence-corrected chi connectivity index (χ4v) is 5.89. The van der Waals surface area contributed by atoms with Crippen LogP contribution in [0.5, 0.6) is 0 Å². The molecule has 1 fully saturated rings. The molecule has 0 atom stereocenters. The highest BCUT2D eigenvalue weighted by molar-refractivity contribution is 7.89. The van der Waals surface area contributed by atoms with Crippen molar-refractivity contribution < 1.29 is 8.42 Å². The van der Waals surface area contributed by atoms with Crippen molar-refractivity contribution in [1.82, 2.24) is 9.62 Å². The summed E-state index contributed by atoms with van der Waals surface area (Å²) in [5.74, 6) is 0.630. The first-order valence-corrected chi connectivity index (χ1v) is 10.1. The van der Waals surface area contributed by atoms with Gasteiger partial charge in [-0.15, -0.1) is 11.3 Å². The van der Waals surface area contributed by atoms with E-state index in [0.29, 0.717) is 30.4 Å². The van der Waals surface area contributed by atoms with Crippen LogP contribution in [-0.2, 0) is 16.6 Å². The van der Waals surface area contributed by atoms with Crippen LogP contribution in [0.15, 0.2) is 10.3 Å². The maximum Gasteiger partial charge on any atom is 0.244 e. The predicted molar refractivity (Wildman–Crippen MR) is 88.2 cm³/mol. The lowest BCUT2D eigenvalue weighted by Crippen LogP contribution is -2.38. The molecule has 0 radical (unpaired) electrons. The number of hydrogen-bond acceptors (Lipinski definition) is 4. The second-order valence-electron chi connectivity index (χ2n) is 5.93. The molecule has 0 aromatic carbocycles. The van der Waals surface area contributed by atoms with Gasteiger partial charge in [-0.2, -0.15) is 4.31 Å². The molecule has 0 bridgehead atoms. The molecule has 6 heteroatoms. The number of nitrogens with one attached hydrogen (secondary N) is 1. The second-order valence-corrected chi connectivity index (χ2v) is 8.77. The summed E-state index contributed by atoms with van der Waals surface area (Å²) >= 11 is 1.55. The number of nitrogens with zero attached hydrogens (tertiary/aromatic N) is 1. The summed E-state index contributed by atoms with van der Waals surface area (Å²) in [5.41, 5.74) is 0.881. The zero-order valence-corrected chi connectivity index (χ0v) is 14.8. The molecule has 1 aromatic heterocycles. The Morgan fingerprint density at radius 1 is 1.38 bits per heavy atom. The van der Waals surface area contributed by atoms with Crippen molar-refractivity contribution in [2.24, 2.45) is 5.92 Å². The molecule has 1 N–H and O–H groups in total. The molecule has 21 heavy (non-hydrogen) atoms. The zero-order chi connectivity index (χ0) is 15.5. The van der Waals surface area contributed by atoms with E-state index in [1.54, 1.807) is 15.6 Å². The summed E-state index contributed by atoms with van der Waals surface area (Å²) in [6, 6.07) is 0. The lowest BCUT2D eigenvalue weighted by molar-refractivity contribution is 0.288. The molecule has 0 amide bonds. The highest BCUT2D eigenvalue weighted by atomic mass is 32.2. The van der Waals surface area contributed by atoms with E-state index >= 15 is 0 Å². The van der Waals surface area contributed by atoms with Crippen LogP contribution in [0.1, 0.15) is 43.6 Å². The maximum atomic E-state index is 12.9. The third-order valence-electron chi connectivity index (χ3n) is 4.04. The summed E-state index contributed by atoms with van der Waals surface area (Å²) in [4.78, 5) is 1.49. The standard InChI is InChI=1S/C15H26N2O2S2/c1-4-7-16-10-14-15(13(3)11-20-14)21(18,19)17-8-5-12(2)6-9-17/h11-12,16H,4-10H2,1-3H3. The molecule has 0 saturated carbocycles. The van der Waals surface area contributed by atoms with E-state index in [1.807, 2.05) is 12.3 Å². The lowest BCUT2D eigenvalue weighted by atomic mass is 10.0. The van der Waals surface area contributed by atoms with Crippen molar-refractivity contribution in [3.8, 4) is 0 Å². The molecule has 1 aliphatic rings. The largest absolute Gasteiger partial charge is 0.312 e. The topological polar surface area (TPSA) is 49.4 Å². The van der Waals surface area contributed by atoms with E-state index in [0.717, 1.165) is 36.2 Å². The number of sulfonamides is 1. The van der Waals surface area contributed by atoms with E-state index in [2.05, 4.69) is 19.2 Å². The predicted octanol–water partition coefficient (Wildman–Crippen LogP) is 2.98. The average molecular weight is 331 g/mol. The first kappa shape index (κ1) is 16.9. The highest BCUT2D eigenvalue weighted by Gasteiger charge is 2.31. The van der Waals surface area contributed by atoms with E-state index in [-0.39, 0.29) is 0 Å². The van der Waals surface area contributed by atoms with Crippen molar-refractivity contribution in [2.45, 2.75) is 51.5 Å². The van der Waals surface area contributed by atoms with Crippen molar-refractivity contribution in [3.63, 3.8) is 0 Å². The Hall–Kier alpha value is -0.430. The Morgan fingerprint density at radius 2 is 2.05 bits per heavy atom. The number of rotatable bonds is 6. The molecule has 0 spiro atoms. The van der Waals surface area contributed by atoms with E-state index in [4.69, 9.17) is 0 Å². The van der Waals surface area contributed by atoms with Gasteiger partial charge in [0.25, 0.3) is 0 Å². The Labute approximate surface area is 132 Å². The van der Waals surface area contributed by atoms with Crippen LogP contribution in [0.4, 0.5) is 0 Å². The second kappa shape index (κ2) is 7.22. The fraction of sp³-hybridized carbons (Fsp3) is 0.733. The Morgan fingerprint density at radius 3 is 2.67 bits per heavy atom. The van der Waals surface area contributed by atoms with Gasteiger partial charge in [-0.05, 0) is 49.6 Å². The van der Waals surface area contributed by atoms with Crippen LogP contribution in [0.25, 0.3) is 0 Å². The summed E-state index contributed by atoms with van der Waals surface area (Å²) < 4.78 is 27.5. The van der Waals surface area contributed by atoms with Gasteiger partial charge in [-0.1, -0.05) is 13.8 Å². The average Bonchev–Trinajstić information content (AvgIpc) is 2.81. The SMILES string of the molecule is CCCNCc1scc(C)c1S(=O)(=O)N1CCC(C)CC1. The van der Waals surface area contributed by atoms with Gasteiger partial charge in [0.05, 0.1) is 0 Å². The van der Waals surface area contributed by atoms with Crippen LogP contribution in [0, 0.1) is 12.8 Å². The fourth-order valence-electron chi connectivity index (χ4n) is 2.69. The molecule has 1 saturated heterocycles. The number of hydrogen-bond donors (Lipinski definition) is 1. The first-order valence-electron chi connectivity index (χ1n) is 7.74. The lowest BCUT2D eigenvalue weighted by Gasteiger charge is -2.29. The van der Waals surface area contributed by atoms with Crippen LogP contribution in [-0.4, -0.2) is 32.4 Å². The van der Waals surface area contributed by atoms with E-state index in [9.17, 15) is 8.42 Å². The quantitative estimate of drug-likeness (QED) is 0.816. The van der Waals surface area contributed by atoms with Crippen LogP contribution in [0.3, 0.4) is 0 Å². The van der Waals surface area contributed by atoms with Crippen molar-refractivity contribution in [3.05, 3.63) is 15.8 Å². The van der Waals surface area contributed by atoms with Crippen LogP contribution >= 0.6 is 11.3 Å². The normalized spacial score (nSPS) is 18.2. The molecule has 1 aliphatic heterocycles. The Balaban J connectivity index is 2.21. The molecular formula is C15H26N2O2S2. The van der Waals surface area contributed by atoms with Gasteiger partial charge in [0.2, 0.25) is 10.0 Å². The smallest absolute Gasteiger partial charge is 0.244 e. The van der Waals surface area contributed by atoms with Gasteiger partial charge in [0.15, 0.2) is 0 Å². The minimum Gasteiger partial charge on any atom is -0.312 e. The molecule has 0 unspecified atom stereocenters. The highest BCUT2D eigenvalue weighted by Crippen LogP contribution is 2.31. The van der Waals surface area contributed by atoms with Gasteiger partial charge < -0.3 is 5.32 Å². The van der Waals surface area contributed by atoms with Crippen molar-refractivity contribution in [2.75, 3.05) is 19.6 Å². The summed E-state index contributed by atoms with van der Waals surface area (Å²) in [6.07, 6.45) is 2.98. The Bertz CT molecular complexity index is 558. The van der Waals surface area contributed by atoms with Gasteiger partial charge in [0.1, 0.15) is 4.90 Å². The number of aryl methyl sites for hydroxylation is 1. The van der Waals surface area contributed by atoms with Gasteiger partial charge in [0, 0.05) is 24.5 Å². The van der Waals surface area contributed by atoms with Gasteiger partial charge in [-0.25, -0.2) is 8.42 Å². The van der Waals surface area contributed by atoms with Crippen LogP contribution < -0.4 is 5.32 Å². The molecule has 120 valence electrons. The van der Waals surface area contributed by atoms with E-state index in [1.165, 1.54) is 0 Å². The minimum atomic E-state index is -3.34. The van der Waals surface area contributed by atoms with Crippen molar-refractivity contribution in [1.29, 1.82) is 0 Å². The molecular weight excluding hydrogens is 304 g/mol. The zero-order valence-electron chi connectivity index (χ0n) is 13.2. The number of piperidine rings is 1. The molecule has 2 rings (SSSR count). The third kappa shape index (κ3) is 3.86. The summed E-state index contributed by atoms with van der Waals surface area (Å²) in [7, 11) is -3.34. The summed E-state index contributed by atoms with van der Waals surface area (Å²) in [5, 5.41) is 5.28. The molecule has 4 nitrogen and oxygen atoms in total. The van der Waals surface area contributed by atoms with Crippen LogP contribution in [0.2, 0.25) is 0 Å². The number of thiophene rings is 1. The van der Waals surface area contributed by atoms with Gasteiger partial charge in [-0.3, -0.25) is 0 Å². The minimum absolute atomic E-state index is 0.547. The van der Waals surface area contributed by atoms with E-state index < -0.39 is 10.0 Å². The monoisotopic (exact) mass is 330 g/mol. The molecule has 1 aromatic rings. The first-order chi connectivity index (χ1) is 9.96. The molecule has 0 aliphatic carbocycles. The third-order valence-corrected chi connectivity index (χ3v) is 7.41. The van der Waals surface area contributed by atoms with Crippen molar-refractivity contribution >= 4 is 21.4 Å².